The van der Waals surface area contributed by atoms with Crippen molar-refractivity contribution >= 4 is 27.6 Å². The summed E-state index contributed by atoms with van der Waals surface area (Å²) < 4.78 is 0. The Hall–Kier alpha value is -1.16. The van der Waals surface area contributed by atoms with Gasteiger partial charge in [-0.05, 0) is 0 Å². The SMILES string of the molecule is CC(=O)NCC(Br)C(=O)c1ccccc1. The third kappa shape index (κ3) is 3.83. The number of alkyl halides is 1. The van der Waals surface area contributed by atoms with Crippen molar-refractivity contribution in [3.05, 3.63) is 35.9 Å². The zero-order chi connectivity index (χ0) is 11.3. The van der Waals surface area contributed by atoms with Gasteiger partial charge in [-0.25, -0.2) is 0 Å². The Labute approximate surface area is 97.0 Å². The maximum absolute atomic E-state index is 11.8. The van der Waals surface area contributed by atoms with E-state index in [2.05, 4.69) is 21.2 Å². The Morgan fingerprint density at radius 3 is 2.47 bits per heavy atom. The highest BCUT2D eigenvalue weighted by Crippen LogP contribution is 2.09. The molecule has 0 aromatic heterocycles. The van der Waals surface area contributed by atoms with Gasteiger partial charge in [-0.2, -0.15) is 0 Å². The molecule has 0 saturated carbocycles. The van der Waals surface area contributed by atoms with Crippen LogP contribution in [0.1, 0.15) is 17.3 Å². The number of halogens is 1. The van der Waals surface area contributed by atoms with Crippen LogP contribution < -0.4 is 5.32 Å². The summed E-state index contributed by atoms with van der Waals surface area (Å²) in [4.78, 5) is 22.1. The van der Waals surface area contributed by atoms with Crippen LogP contribution in [0.3, 0.4) is 0 Å². The van der Waals surface area contributed by atoms with Crippen molar-refractivity contribution in [2.45, 2.75) is 11.8 Å². The predicted molar refractivity (Wildman–Crippen MR) is 62.2 cm³/mol. The van der Waals surface area contributed by atoms with Crippen molar-refractivity contribution in [1.29, 1.82) is 0 Å². The number of carbonyl (C=O) groups excluding carboxylic acids is 2. The van der Waals surface area contributed by atoms with Gasteiger partial charge in [0.05, 0.1) is 4.83 Å². The average Bonchev–Trinajstić information content (AvgIpc) is 2.26. The molecule has 0 spiro atoms. The molecule has 3 nitrogen and oxygen atoms in total. The first-order valence-electron chi connectivity index (χ1n) is 4.59. The van der Waals surface area contributed by atoms with E-state index in [0.29, 0.717) is 12.1 Å². The van der Waals surface area contributed by atoms with Crippen molar-refractivity contribution in [2.75, 3.05) is 6.54 Å². The van der Waals surface area contributed by atoms with E-state index in [-0.39, 0.29) is 16.5 Å². The summed E-state index contributed by atoms with van der Waals surface area (Å²) in [5.74, 6) is -0.162. The number of Topliss-reactive ketones (excluding diaryl/α,β-unsaturated/α-hetero) is 1. The largest absolute Gasteiger partial charge is 0.355 e. The minimum Gasteiger partial charge on any atom is -0.355 e. The van der Waals surface area contributed by atoms with Crippen LogP contribution >= 0.6 is 15.9 Å². The van der Waals surface area contributed by atoms with Crippen LogP contribution in [0.2, 0.25) is 0 Å². The molecule has 1 N–H and O–H groups in total. The van der Waals surface area contributed by atoms with Gasteiger partial charge in [0.2, 0.25) is 5.91 Å². The smallest absolute Gasteiger partial charge is 0.216 e. The van der Waals surface area contributed by atoms with Gasteiger partial charge in [-0.15, -0.1) is 0 Å². The Balaban J connectivity index is 2.57. The molecule has 4 heteroatoms. The first-order valence-corrected chi connectivity index (χ1v) is 5.50. The van der Waals surface area contributed by atoms with Gasteiger partial charge < -0.3 is 5.32 Å². The van der Waals surface area contributed by atoms with E-state index in [9.17, 15) is 9.59 Å². The van der Waals surface area contributed by atoms with E-state index in [1.54, 1.807) is 12.1 Å². The van der Waals surface area contributed by atoms with Crippen molar-refractivity contribution in [3.63, 3.8) is 0 Å². The van der Waals surface area contributed by atoms with Crippen LogP contribution in [0.5, 0.6) is 0 Å². The number of rotatable bonds is 4. The lowest BCUT2D eigenvalue weighted by Crippen LogP contribution is -2.31. The van der Waals surface area contributed by atoms with Gasteiger partial charge in [0.25, 0.3) is 0 Å². The summed E-state index contributed by atoms with van der Waals surface area (Å²) in [6.07, 6.45) is 0. The summed E-state index contributed by atoms with van der Waals surface area (Å²) in [6.45, 7) is 1.73. The molecule has 0 bridgehead atoms. The first-order chi connectivity index (χ1) is 7.11. The van der Waals surface area contributed by atoms with Crippen LogP contribution in [0.15, 0.2) is 30.3 Å². The molecule has 0 aliphatic rings. The monoisotopic (exact) mass is 269 g/mol. The maximum Gasteiger partial charge on any atom is 0.216 e. The molecule has 0 radical (unpaired) electrons. The molecule has 0 heterocycles. The lowest BCUT2D eigenvalue weighted by Gasteiger charge is -2.08. The fraction of sp³-hybridized carbons (Fsp3) is 0.273. The maximum atomic E-state index is 11.8. The van der Waals surface area contributed by atoms with Crippen LogP contribution in [0.4, 0.5) is 0 Å². The number of nitrogens with one attached hydrogen (secondary N) is 1. The predicted octanol–water partition coefficient (Wildman–Crippen LogP) is 1.77. The van der Waals surface area contributed by atoms with Gasteiger partial charge in [-0.3, -0.25) is 9.59 Å². The second kappa shape index (κ2) is 5.66. The van der Waals surface area contributed by atoms with E-state index in [0.717, 1.165) is 0 Å². The molecule has 1 atom stereocenters. The van der Waals surface area contributed by atoms with E-state index in [1.807, 2.05) is 18.2 Å². The Bertz CT molecular complexity index is 351. The van der Waals surface area contributed by atoms with Crippen LogP contribution in [0, 0.1) is 0 Å². The fourth-order valence-electron chi connectivity index (χ4n) is 1.11. The van der Waals surface area contributed by atoms with Gasteiger partial charge in [0, 0.05) is 19.0 Å². The molecule has 1 aromatic carbocycles. The molecule has 1 amide bonds. The lowest BCUT2D eigenvalue weighted by molar-refractivity contribution is -0.118. The highest BCUT2D eigenvalue weighted by molar-refractivity contribution is 9.10. The summed E-state index contributed by atoms with van der Waals surface area (Å²) in [5.41, 5.74) is 0.643. The molecule has 1 rings (SSSR count). The van der Waals surface area contributed by atoms with Crippen LogP contribution in [-0.2, 0) is 4.79 Å². The summed E-state index contributed by atoms with van der Waals surface area (Å²) in [6, 6.07) is 8.99. The molecule has 0 aliphatic carbocycles. The van der Waals surface area contributed by atoms with E-state index >= 15 is 0 Å². The minimum absolute atomic E-state index is 0.0237. The van der Waals surface area contributed by atoms with Gasteiger partial charge in [0.15, 0.2) is 5.78 Å². The number of ketones is 1. The first kappa shape index (κ1) is 11.9. The molecule has 80 valence electrons. The van der Waals surface area contributed by atoms with E-state index in [1.165, 1.54) is 6.92 Å². The summed E-state index contributed by atoms with van der Waals surface area (Å²) in [7, 11) is 0. The fourth-order valence-corrected chi connectivity index (χ4v) is 1.54. The summed E-state index contributed by atoms with van der Waals surface area (Å²) >= 11 is 3.24. The van der Waals surface area contributed by atoms with Crippen LogP contribution in [-0.4, -0.2) is 23.1 Å². The Morgan fingerprint density at radius 1 is 1.33 bits per heavy atom. The average molecular weight is 270 g/mol. The molecular formula is C11H12BrNO2. The van der Waals surface area contributed by atoms with E-state index in [4.69, 9.17) is 0 Å². The Kier molecular flexibility index (Phi) is 4.49. The molecule has 1 aromatic rings. The lowest BCUT2D eigenvalue weighted by atomic mass is 10.1. The number of amides is 1. The van der Waals surface area contributed by atoms with E-state index < -0.39 is 0 Å². The third-order valence-corrected chi connectivity index (χ3v) is 2.61. The van der Waals surface area contributed by atoms with Crippen LogP contribution in [0.25, 0.3) is 0 Å². The normalized spacial score (nSPS) is 11.9. The Morgan fingerprint density at radius 2 is 1.93 bits per heavy atom. The molecule has 1 unspecified atom stereocenters. The van der Waals surface area contributed by atoms with Crippen molar-refractivity contribution in [1.82, 2.24) is 5.32 Å². The molecule has 0 aliphatic heterocycles. The molecule has 0 saturated heterocycles. The van der Waals surface area contributed by atoms with Crippen molar-refractivity contribution in [2.24, 2.45) is 0 Å². The molecule has 0 fully saturated rings. The minimum atomic E-state index is -0.371. The van der Waals surface area contributed by atoms with Gasteiger partial charge in [-0.1, -0.05) is 46.3 Å². The molecular weight excluding hydrogens is 258 g/mol. The number of hydrogen-bond acceptors (Lipinski definition) is 2. The molecule has 15 heavy (non-hydrogen) atoms. The highest BCUT2D eigenvalue weighted by atomic mass is 79.9. The number of benzene rings is 1. The zero-order valence-electron chi connectivity index (χ0n) is 8.37. The number of carbonyl (C=O) groups is 2. The van der Waals surface area contributed by atoms with Gasteiger partial charge >= 0.3 is 0 Å². The quantitative estimate of drug-likeness (QED) is 0.669. The van der Waals surface area contributed by atoms with Gasteiger partial charge in [0.1, 0.15) is 0 Å². The second-order valence-corrected chi connectivity index (χ2v) is 4.24. The number of hydrogen-bond donors (Lipinski definition) is 1. The van der Waals surface area contributed by atoms with Crippen molar-refractivity contribution < 1.29 is 9.59 Å². The second-order valence-electron chi connectivity index (χ2n) is 3.13. The highest BCUT2D eigenvalue weighted by Gasteiger charge is 2.16. The zero-order valence-corrected chi connectivity index (χ0v) is 9.95. The topological polar surface area (TPSA) is 46.2 Å². The summed E-state index contributed by atoms with van der Waals surface area (Å²) in [5, 5.41) is 2.59. The standard InChI is InChI=1S/C11H12BrNO2/c1-8(14)13-7-10(12)11(15)9-5-3-2-4-6-9/h2-6,10H,7H2,1H3,(H,13,14). The third-order valence-electron chi connectivity index (χ3n) is 1.87. The van der Waals surface area contributed by atoms with Crippen molar-refractivity contribution in [3.8, 4) is 0 Å².